The third-order valence-electron chi connectivity index (χ3n) is 4.47. The SMILES string of the molecule is CC(C)CC(CNC(=O)CCCOc1ccc(Cl)cc1)N1CCOCC1. The van der Waals surface area contributed by atoms with E-state index in [1.54, 1.807) is 12.1 Å². The van der Waals surface area contributed by atoms with E-state index in [-0.39, 0.29) is 5.91 Å². The van der Waals surface area contributed by atoms with Crippen molar-refractivity contribution >= 4 is 17.5 Å². The molecular formula is C20H31ClN2O3. The lowest BCUT2D eigenvalue weighted by Crippen LogP contribution is -2.49. The second-order valence-electron chi connectivity index (χ2n) is 7.14. The Hall–Kier alpha value is -1.30. The van der Waals surface area contributed by atoms with E-state index in [1.165, 1.54) is 0 Å². The minimum Gasteiger partial charge on any atom is -0.494 e. The molecule has 2 rings (SSSR count). The van der Waals surface area contributed by atoms with Gasteiger partial charge in [-0.15, -0.1) is 0 Å². The Labute approximate surface area is 162 Å². The number of rotatable bonds is 10. The Balaban J connectivity index is 1.65. The van der Waals surface area contributed by atoms with Crippen molar-refractivity contribution in [1.82, 2.24) is 10.2 Å². The molecule has 1 aliphatic rings. The summed E-state index contributed by atoms with van der Waals surface area (Å²) in [7, 11) is 0. The van der Waals surface area contributed by atoms with Gasteiger partial charge in [0.15, 0.2) is 0 Å². The van der Waals surface area contributed by atoms with Crippen LogP contribution in [0.4, 0.5) is 0 Å². The van der Waals surface area contributed by atoms with E-state index in [1.807, 2.05) is 12.1 Å². The van der Waals surface area contributed by atoms with Crippen molar-refractivity contribution in [1.29, 1.82) is 0 Å². The molecule has 1 heterocycles. The van der Waals surface area contributed by atoms with E-state index in [2.05, 4.69) is 24.1 Å². The summed E-state index contributed by atoms with van der Waals surface area (Å²) < 4.78 is 11.1. The number of hydrogen-bond acceptors (Lipinski definition) is 4. The third-order valence-corrected chi connectivity index (χ3v) is 4.72. The first-order valence-corrected chi connectivity index (χ1v) is 9.89. The highest BCUT2D eigenvalue weighted by Gasteiger charge is 2.22. The second-order valence-corrected chi connectivity index (χ2v) is 7.58. The smallest absolute Gasteiger partial charge is 0.220 e. The van der Waals surface area contributed by atoms with Crippen LogP contribution in [0.1, 0.15) is 33.1 Å². The number of ether oxygens (including phenoxy) is 2. The molecule has 1 aromatic carbocycles. The van der Waals surface area contributed by atoms with Gasteiger partial charge in [-0.1, -0.05) is 25.4 Å². The summed E-state index contributed by atoms with van der Waals surface area (Å²) in [6, 6.07) is 7.64. The molecule has 0 saturated carbocycles. The number of carbonyl (C=O) groups excluding carboxylic acids is 1. The lowest BCUT2D eigenvalue weighted by atomic mass is 10.0. The van der Waals surface area contributed by atoms with Gasteiger partial charge in [-0.3, -0.25) is 9.69 Å². The molecule has 146 valence electrons. The van der Waals surface area contributed by atoms with Crippen molar-refractivity contribution in [3.63, 3.8) is 0 Å². The summed E-state index contributed by atoms with van der Waals surface area (Å²) >= 11 is 5.84. The standard InChI is InChI=1S/C20H31ClN2O3/c1-16(2)14-18(23-9-12-25-13-10-23)15-22-20(24)4-3-11-26-19-7-5-17(21)6-8-19/h5-8,16,18H,3-4,9-15H2,1-2H3,(H,22,24). The fourth-order valence-corrected chi connectivity index (χ4v) is 3.25. The molecule has 26 heavy (non-hydrogen) atoms. The van der Waals surface area contributed by atoms with Crippen LogP contribution in [0, 0.1) is 5.92 Å². The monoisotopic (exact) mass is 382 g/mol. The van der Waals surface area contributed by atoms with Crippen LogP contribution in [0.25, 0.3) is 0 Å². The fourth-order valence-electron chi connectivity index (χ4n) is 3.12. The molecule has 1 saturated heterocycles. The topological polar surface area (TPSA) is 50.8 Å². The van der Waals surface area contributed by atoms with E-state index in [0.717, 1.165) is 38.5 Å². The van der Waals surface area contributed by atoms with Gasteiger partial charge in [0.2, 0.25) is 5.91 Å². The Morgan fingerprint density at radius 1 is 1.27 bits per heavy atom. The number of nitrogens with one attached hydrogen (secondary N) is 1. The first kappa shape index (κ1) is 21.0. The Morgan fingerprint density at radius 3 is 2.62 bits per heavy atom. The van der Waals surface area contributed by atoms with Crippen LogP contribution >= 0.6 is 11.6 Å². The highest BCUT2D eigenvalue weighted by Crippen LogP contribution is 2.16. The molecule has 0 spiro atoms. The lowest BCUT2D eigenvalue weighted by molar-refractivity contribution is -0.121. The van der Waals surface area contributed by atoms with Gasteiger partial charge < -0.3 is 14.8 Å². The van der Waals surface area contributed by atoms with Crippen LogP contribution in [0.2, 0.25) is 5.02 Å². The molecule has 1 N–H and O–H groups in total. The average Bonchev–Trinajstić information content (AvgIpc) is 2.64. The lowest BCUT2D eigenvalue weighted by Gasteiger charge is -2.35. The number of benzene rings is 1. The van der Waals surface area contributed by atoms with Crippen molar-refractivity contribution in [3.05, 3.63) is 29.3 Å². The van der Waals surface area contributed by atoms with Gasteiger partial charge in [0.25, 0.3) is 0 Å². The third kappa shape index (κ3) is 7.94. The highest BCUT2D eigenvalue weighted by molar-refractivity contribution is 6.30. The van der Waals surface area contributed by atoms with Crippen molar-refractivity contribution in [2.75, 3.05) is 39.5 Å². The Bertz CT molecular complexity index is 530. The molecule has 0 radical (unpaired) electrons. The summed E-state index contributed by atoms with van der Waals surface area (Å²) in [4.78, 5) is 14.6. The van der Waals surface area contributed by atoms with Gasteiger partial charge in [0, 0.05) is 37.1 Å². The van der Waals surface area contributed by atoms with Crippen LogP contribution < -0.4 is 10.1 Å². The predicted octanol–water partition coefficient (Wildman–Crippen LogP) is 3.36. The van der Waals surface area contributed by atoms with Crippen LogP contribution in [0.15, 0.2) is 24.3 Å². The number of amides is 1. The van der Waals surface area contributed by atoms with Gasteiger partial charge in [0.05, 0.1) is 19.8 Å². The number of carbonyl (C=O) groups is 1. The summed E-state index contributed by atoms with van der Waals surface area (Å²) in [5.74, 6) is 1.47. The maximum absolute atomic E-state index is 12.1. The summed E-state index contributed by atoms with van der Waals surface area (Å²) in [6.45, 7) is 9.13. The van der Waals surface area contributed by atoms with E-state index in [0.29, 0.717) is 43.0 Å². The first-order chi connectivity index (χ1) is 12.5. The van der Waals surface area contributed by atoms with Gasteiger partial charge in [0.1, 0.15) is 5.75 Å². The molecule has 0 aliphatic carbocycles. The van der Waals surface area contributed by atoms with Crippen LogP contribution in [0.3, 0.4) is 0 Å². The normalized spacial score (nSPS) is 16.5. The summed E-state index contributed by atoms with van der Waals surface area (Å²) in [5, 5.41) is 3.79. The molecule has 1 aliphatic heterocycles. The molecular weight excluding hydrogens is 352 g/mol. The van der Waals surface area contributed by atoms with Gasteiger partial charge in [-0.2, -0.15) is 0 Å². The Morgan fingerprint density at radius 2 is 1.96 bits per heavy atom. The van der Waals surface area contributed by atoms with Crippen LogP contribution in [-0.4, -0.2) is 56.3 Å². The van der Waals surface area contributed by atoms with Gasteiger partial charge in [-0.05, 0) is 43.0 Å². The maximum Gasteiger partial charge on any atom is 0.220 e. The van der Waals surface area contributed by atoms with Crippen molar-refractivity contribution in [3.8, 4) is 5.75 Å². The Kier molecular flexibility index (Phi) is 9.23. The fraction of sp³-hybridized carbons (Fsp3) is 0.650. The molecule has 1 atom stereocenters. The van der Waals surface area contributed by atoms with Gasteiger partial charge >= 0.3 is 0 Å². The minimum absolute atomic E-state index is 0.0896. The molecule has 1 unspecified atom stereocenters. The van der Waals surface area contributed by atoms with Crippen molar-refractivity contribution in [2.45, 2.75) is 39.2 Å². The van der Waals surface area contributed by atoms with E-state index in [4.69, 9.17) is 21.1 Å². The van der Waals surface area contributed by atoms with Crippen LogP contribution in [0.5, 0.6) is 5.75 Å². The van der Waals surface area contributed by atoms with E-state index >= 15 is 0 Å². The number of hydrogen-bond donors (Lipinski definition) is 1. The highest BCUT2D eigenvalue weighted by atomic mass is 35.5. The number of nitrogens with zero attached hydrogens (tertiary/aromatic N) is 1. The van der Waals surface area contributed by atoms with Crippen molar-refractivity contribution in [2.24, 2.45) is 5.92 Å². The molecule has 1 fully saturated rings. The average molecular weight is 383 g/mol. The molecule has 0 bridgehead atoms. The van der Waals surface area contributed by atoms with Crippen LogP contribution in [-0.2, 0) is 9.53 Å². The van der Waals surface area contributed by atoms with Crippen molar-refractivity contribution < 1.29 is 14.3 Å². The van der Waals surface area contributed by atoms with E-state index in [9.17, 15) is 4.79 Å². The number of halogens is 1. The summed E-state index contributed by atoms with van der Waals surface area (Å²) in [5.41, 5.74) is 0. The quantitative estimate of drug-likeness (QED) is 0.630. The van der Waals surface area contributed by atoms with E-state index < -0.39 is 0 Å². The second kappa shape index (κ2) is 11.4. The molecule has 6 heteroatoms. The first-order valence-electron chi connectivity index (χ1n) is 9.51. The predicted molar refractivity (Wildman–Crippen MR) is 105 cm³/mol. The number of morpholine rings is 1. The van der Waals surface area contributed by atoms with Gasteiger partial charge in [-0.25, -0.2) is 0 Å². The zero-order valence-electron chi connectivity index (χ0n) is 15.9. The summed E-state index contributed by atoms with van der Waals surface area (Å²) in [6.07, 6.45) is 2.26. The molecule has 1 aromatic rings. The molecule has 1 amide bonds. The molecule has 0 aromatic heterocycles. The largest absolute Gasteiger partial charge is 0.494 e. The maximum atomic E-state index is 12.1. The minimum atomic E-state index is 0.0896. The zero-order chi connectivity index (χ0) is 18.8. The zero-order valence-corrected chi connectivity index (χ0v) is 16.6. The molecule has 5 nitrogen and oxygen atoms in total.